The SMILES string of the molecule is COc1ccc(C(=O)Nc2nc(N[C@H]3CCCC[C@H]3N=C(N)N)c3cc(C)ccc3n2)c(C)c1. The summed E-state index contributed by atoms with van der Waals surface area (Å²) in [6, 6.07) is 11.3. The van der Waals surface area contributed by atoms with Gasteiger partial charge in [-0.15, -0.1) is 0 Å². The molecule has 3 aromatic rings. The zero-order valence-corrected chi connectivity index (χ0v) is 19.8. The Hall–Kier alpha value is -3.88. The quantitative estimate of drug-likeness (QED) is 0.325. The predicted molar refractivity (Wildman–Crippen MR) is 135 cm³/mol. The van der Waals surface area contributed by atoms with Crippen LogP contribution in [0.3, 0.4) is 0 Å². The highest BCUT2D eigenvalue weighted by atomic mass is 16.5. The smallest absolute Gasteiger partial charge is 0.258 e. The van der Waals surface area contributed by atoms with Crippen LogP contribution in [0.5, 0.6) is 5.75 Å². The fourth-order valence-corrected chi connectivity index (χ4v) is 4.40. The monoisotopic (exact) mass is 461 g/mol. The van der Waals surface area contributed by atoms with Gasteiger partial charge in [0.2, 0.25) is 5.95 Å². The molecule has 9 heteroatoms. The van der Waals surface area contributed by atoms with Gasteiger partial charge in [-0.05, 0) is 62.6 Å². The number of hydrogen-bond donors (Lipinski definition) is 4. The molecule has 1 fully saturated rings. The summed E-state index contributed by atoms with van der Waals surface area (Å²) in [6.45, 7) is 3.88. The molecule has 0 radical (unpaired) electrons. The van der Waals surface area contributed by atoms with Gasteiger partial charge in [0.25, 0.3) is 5.91 Å². The van der Waals surface area contributed by atoms with Crippen molar-refractivity contribution < 1.29 is 9.53 Å². The van der Waals surface area contributed by atoms with Gasteiger partial charge < -0.3 is 21.5 Å². The topological polar surface area (TPSA) is 141 Å². The Bertz CT molecular complexity index is 1240. The number of anilines is 2. The first-order chi connectivity index (χ1) is 16.3. The highest BCUT2D eigenvalue weighted by Crippen LogP contribution is 2.29. The number of fused-ring (bicyclic) bond motifs is 1. The number of aromatic nitrogens is 2. The van der Waals surface area contributed by atoms with Crippen molar-refractivity contribution in [1.82, 2.24) is 9.97 Å². The maximum absolute atomic E-state index is 13.0. The molecular weight excluding hydrogens is 430 g/mol. The third-order valence-electron chi connectivity index (χ3n) is 6.12. The molecule has 0 unspecified atom stereocenters. The number of rotatable bonds is 6. The van der Waals surface area contributed by atoms with Crippen LogP contribution in [0, 0.1) is 13.8 Å². The second kappa shape index (κ2) is 9.94. The molecule has 0 saturated heterocycles. The van der Waals surface area contributed by atoms with Crippen molar-refractivity contribution in [3.05, 3.63) is 53.1 Å². The van der Waals surface area contributed by atoms with Crippen LogP contribution in [0.2, 0.25) is 0 Å². The minimum absolute atomic E-state index is 0.0295. The maximum Gasteiger partial charge on any atom is 0.258 e. The van der Waals surface area contributed by atoms with E-state index in [9.17, 15) is 4.79 Å². The van der Waals surface area contributed by atoms with E-state index in [-0.39, 0.29) is 29.9 Å². The molecule has 178 valence electrons. The van der Waals surface area contributed by atoms with Crippen LogP contribution in [0.1, 0.15) is 47.2 Å². The van der Waals surface area contributed by atoms with Gasteiger partial charge in [-0.2, -0.15) is 4.98 Å². The van der Waals surface area contributed by atoms with Crippen LogP contribution in [0.15, 0.2) is 41.4 Å². The van der Waals surface area contributed by atoms with Crippen LogP contribution in [-0.2, 0) is 0 Å². The molecule has 4 rings (SSSR count). The van der Waals surface area contributed by atoms with Gasteiger partial charge in [0.1, 0.15) is 11.6 Å². The molecule has 6 N–H and O–H groups in total. The summed E-state index contributed by atoms with van der Waals surface area (Å²) in [5.41, 5.74) is 14.5. The average molecular weight is 462 g/mol. The number of hydrogen-bond acceptors (Lipinski definition) is 6. The van der Waals surface area contributed by atoms with E-state index in [1.54, 1.807) is 19.2 Å². The third kappa shape index (κ3) is 5.19. The van der Waals surface area contributed by atoms with Gasteiger partial charge in [0.15, 0.2) is 5.96 Å². The molecule has 1 heterocycles. The predicted octanol–water partition coefficient (Wildman–Crippen LogP) is 3.50. The van der Waals surface area contributed by atoms with Crippen molar-refractivity contribution in [2.75, 3.05) is 17.7 Å². The van der Waals surface area contributed by atoms with Crippen LogP contribution < -0.4 is 26.8 Å². The van der Waals surface area contributed by atoms with Gasteiger partial charge in [-0.25, -0.2) is 9.98 Å². The number of methoxy groups -OCH3 is 1. The maximum atomic E-state index is 13.0. The highest BCUT2D eigenvalue weighted by Gasteiger charge is 2.26. The summed E-state index contributed by atoms with van der Waals surface area (Å²) in [4.78, 5) is 26.7. The molecule has 0 bridgehead atoms. The first kappa shape index (κ1) is 23.3. The summed E-state index contributed by atoms with van der Waals surface area (Å²) < 4.78 is 5.24. The molecular formula is C25H31N7O2. The summed E-state index contributed by atoms with van der Waals surface area (Å²) in [5.74, 6) is 1.38. The van der Waals surface area contributed by atoms with E-state index in [2.05, 4.69) is 25.6 Å². The van der Waals surface area contributed by atoms with Gasteiger partial charge in [-0.3, -0.25) is 10.1 Å². The number of guanidine groups is 1. The van der Waals surface area contributed by atoms with Crippen molar-refractivity contribution in [2.45, 2.75) is 51.6 Å². The summed E-state index contributed by atoms with van der Waals surface area (Å²) >= 11 is 0. The Morgan fingerprint density at radius 2 is 1.88 bits per heavy atom. The molecule has 0 aliphatic heterocycles. The number of carbonyl (C=O) groups is 1. The van der Waals surface area contributed by atoms with E-state index >= 15 is 0 Å². The minimum atomic E-state index is -0.284. The molecule has 1 aromatic heterocycles. The minimum Gasteiger partial charge on any atom is -0.497 e. The molecule has 2 atom stereocenters. The number of aryl methyl sites for hydroxylation is 2. The number of nitrogens with two attached hydrogens (primary N) is 2. The van der Waals surface area contributed by atoms with Crippen LogP contribution in [0.4, 0.5) is 11.8 Å². The van der Waals surface area contributed by atoms with Crippen LogP contribution in [0.25, 0.3) is 10.9 Å². The van der Waals surface area contributed by atoms with E-state index in [4.69, 9.17) is 16.2 Å². The fraction of sp³-hybridized carbons (Fsp3) is 0.360. The number of amides is 1. The molecule has 34 heavy (non-hydrogen) atoms. The Morgan fingerprint density at radius 3 is 2.62 bits per heavy atom. The van der Waals surface area contributed by atoms with Crippen molar-refractivity contribution in [1.29, 1.82) is 0 Å². The van der Waals surface area contributed by atoms with Crippen LogP contribution in [-0.4, -0.2) is 41.0 Å². The van der Waals surface area contributed by atoms with Gasteiger partial charge in [-0.1, -0.05) is 24.5 Å². The lowest BCUT2D eigenvalue weighted by atomic mass is 9.90. The number of benzene rings is 2. The van der Waals surface area contributed by atoms with E-state index in [1.165, 1.54) is 0 Å². The summed E-state index contributed by atoms with van der Waals surface area (Å²) in [5, 5.41) is 7.29. The zero-order chi connectivity index (χ0) is 24.2. The van der Waals surface area contributed by atoms with Crippen molar-refractivity contribution >= 4 is 34.5 Å². The first-order valence-corrected chi connectivity index (χ1v) is 11.4. The fourth-order valence-electron chi connectivity index (χ4n) is 4.40. The first-order valence-electron chi connectivity index (χ1n) is 11.4. The van der Waals surface area contributed by atoms with Gasteiger partial charge in [0, 0.05) is 10.9 Å². The Labute approximate surface area is 199 Å². The van der Waals surface area contributed by atoms with E-state index in [0.717, 1.165) is 47.7 Å². The lowest BCUT2D eigenvalue weighted by molar-refractivity contribution is 0.102. The number of nitrogens with zero attached hydrogens (tertiary/aromatic N) is 3. The van der Waals surface area contributed by atoms with Gasteiger partial charge in [0.05, 0.1) is 24.7 Å². The normalized spacial score (nSPS) is 17.7. The highest BCUT2D eigenvalue weighted by molar-refractivity contribution is 6.05. The molecule has 0 spiro atoms. The van der Waals surface area contributed by atoms with Crippen LogP contribution >= 0.6 is 0 Å². The molecule has 9 nitrogen and oxygen atoms in total. The number of carbonyl (C=O) groups excluding carboxylic acids is 1. The van der Waals surface area contributed by atoms with E-state index in [1.807, 2.05) is 38.1 Å². The Morgan fingerprint density at radius 1 is 1.09 bits per heavy atom. The standard InChI is InChI=1S/C25H31N7O2/c1-14-8-11-19-18(12-14)22(28-20-6-4-5-7-21(20)29-24(26)27)31-25(30-19)32-23(33)17-10-9-16(34-3)13-15(17)2/h8-13,20-21H,4-7H2,1-3H3,(H4,26,27,29)(H2,28,30,31,32,33)/t20-,21+/m0/s1. The van der Waals surface area contributed by atoms with Crippen molar-refractivity contribution in [3.63, 3.8) is 0 Å². The molecule has 2 aromatic carbocycles. The molecule has 1 aliphatic rings. The zero-order valence-electron chi connectivity index (χ0n) is 19.8. The van der Waals surface area contributed by atoms with E-state index in [0.29, 0.717) is 17.1 Å². The van der Waals surface area contributed by atoms with Crippen molar-refractivity contribution in [2.24, 2.45) is 16.5 Å². The third-order valence-corrected chi connectivity index (χ3v) is 6.12. The summed E-state index contributed by atoms with van der Waals surface area (Å²) in [7, 11) is 1.59. The second-order valence-corrected chi connectivity index (χ2v) is 8.71. The largest absolute Gasteiger partial charge is 0.497 e. The molecule has 1 aliphatic carbocycles. The number of aliphatic imine (C=N–C) groups is 1. The second-order valence-electron chi connectivity index (χ2n) is 8.71. The number of nitrogens with one attached hydrogen (secondary N) is 2. The molecule has 1 amide bonds. The molecule has 1 saturated carbocycles. The van der Waals surface area contributed by atoms with Crippen molar-refractivity contribution in [3.8, 4) is 5.75 Å². The summed E-state index contributed by atoms with van der Waals surface area (Å²) in [6.07, 6.45) is 3.98. The number of ether oxygens (including phenoxy) is 1. The lowest BCUT2D eigenvalue weighted by Crippen LogP contribution is -2.38. The average Bonchev–Trinajstić information content (AvgIpc) is 2.80. The Balaban J connectivity index is 1.67. The lowest BCUT2D eigenvalue weighted by Gasteiger charge is -2.30. The van der Waals surface area contributed by atoms with Gasteiger partial charge >= 0.3 is 0 Å². The van der Waals surface area contributed by atoms with E-state index < -0.39 is 0 Å². The Kier molecular flexibility index (Phi) is 6.81.